The van der Waals surface area contributed by atoms with E-state index in [1.165, 1.54) is 22.5 Å². The van der Waals surface area contributed by atoms with Crippen molar-refractivity contribution in [3.63, 3.8) is 0 Å². The number of fused-ring (bicyclic) bond motifs is 4. The average molecular weight is 438 g/mol. The fourth-order valence-electron chi connectivity index (χ4n) is 4.24. The first-order valence-electron chi connectivity index (χ1n) is 9.77. The third-order valence-electron chi connectivity index (χ3n) is 5.55. The number of ether oxygens (including phenoxy) is 1. The van der Waals surface area contributed by atoms with E-state index in [0.717, 1.165) is 39.5 Å². The lowest BCUT2D eigenvalue weighted by Crippen LogP contribution is -2.18. The molecule has 5 rings (SSSR count). The Kier molecular flexibility index (Phi) is 5.00. The molecule has 1 amide bonds. The Morgan fingerprint density at radius 2 is 1.73 bits per heavy atom. The summed E-state index contributed by atoms with van der Waals surface area (Å²) in [6, 6.07) is 16.3. The van der Waals surface area contributed by atoms with E-state index in [-0.39, 0.29) is 18.1 Å². The summed E-state index contributed by atoms with van der Waals surface area (Å²) in [5, 5.41) is 12.7. The van der Waals surface area contributed by atoms with Gasteiger partial charge in [-0.2, -0.15) is 0 Å². The van der Waals surface area contributed by atoms with Crippen LogP contribution in [0.25, 0.3) is 11.1 Å². The molecule has 0 saturated heterocycles. The number of amides is 1. The molecule has 0 radical (unpaired) electrons. The summed E-state index contributed by atoms with van der Waals surface area (Å²) in [7, 11) is 0. The van der Waals surface area contributed by atoms with E-state index >= 15 is 0 Å². The highest BCUT2D eigenvalue weighted by Crippen LogP contribution is 2.45. The molecule has 0 spiro atoms. The average Bonchev–Trinajstić information content (AvgIpc) is 3.27. The Balaban J connectivity index is 1.34. The van der Waals surface area contributed by atoms with Crippen molar-refractivity contribution in [1.82, 2.24) is 0 Å². The van der Waals surface area contributed by atoms with Crippen molar-refractivity contribution in [2.45, 2.75) is 23.0 Å². The predicted molar refractivity (Wildman–Crippen MR) is 119 cm³/mol. The van der Waals surface area contributed by atoms with Gasteiger partial charge in [0.15, 0.2) is 0 Å². The Hall–Kier alpha value is -2.77. The Morgan fingerprint density at radius 3 is 2.40 bits per heavy atom. The molecule has 2 N–H and O–H groups in total. The number of benzene rings is 2. The first kappa shape index (κ1) is 19.2. The van der Waals surface area contributed by atoms with Gasteiger partial charge < -0.3 is 9.84 Å². The molecule has 0 atom stereocenters. The van der Waals surface area contributed by atoms with Crippen LogP contribution >= 0.6 is 23.1 Å². The molecule has 0 saturated carbocycles. The van der Waals surface area contributed by atoms with Crippen molar-refractivity contribution in [1.29, 1.82) is 0 Å². The second kappa shape index (κ2) is 7.81. The topological polar surface area (TPSA) is 75.6 Å². The number of aromatic carboxylic acids is 1. The standard InChI is InChI=1S/C23H19NO4S2/c25-21(26)19-17-10-5-11-29-22(17)30-20(19)24-23(27)28-12-18-15-8-3-1-6-13(15)14-7-2-4-9-16(14)18/h1-4,6-9,18H,5,10-12H2,(H,24,27)(H,25,26). The second-order valence-electron chi connectivity index (χ2n) is 7.28. The fraction of sp³-hybridized carbons (Fsp3) is 0.217. The van der Waals surface area contributed by atoms with Crippen LogP contribution in [0.2, 0.25) is 0 Å². The van der Waals surface area contributed by atoms with Gasteiger partial charge in [-0.15, -0.1) is 23.1 Å². The van der Waals surface area contributed by atoms with Gasteiger partial charge in [-0.3, -0.25) is 5.32 Å². The Labute approximate surface area is 182 Å². The van der Waals surface area contributed by atoms with E-state index in [1.807, 2.05) is 24.3 Å². The molecular weight excluding hydrogens is 418 g/mol. The highest BCUT2D eigenvalue weighted by Gasteiger charge is 2.30. The number of hydrogen-bond donors (Lipinski definition) is 2. The number of rotatable bonds is 4. The molecule has 2 aromatic carbocycles. The number of carboxylic acids is 1. The molecule has 152 valence electrons. The van der Waals surface area contributed by atoms with Gasteiger partial charge in [0.1, 0.15) is 11.6 Å². The molecule has 7 heteroatoms. The predicted octanol–water partition coefficient (Wildman–Crippen LogP) is 5.85. The highest BCUT2D eigenvalue weighted by atomic mass is 32.2. The molecule has 1 aliphatic carbocycles. The number of thiophene rings is 1. The molecule has 0 fully saturated rings. The zero-order chi connectivity index (χ0) is 20.7. The summed E-state index contributed by atoms with van der Waals surface area (Å²) in [6.07, 6.45) is 1.05. The molecule has 5 nitrogen and oxygen atoms in total. The zero-order valence-electron chi connectivity index (χ0n) is 16.0. The van der Waals surface area contributed by atoms with E-state index in [0.29, 0.717) is 5.00 Å². The third kappa shape index (κ3) is 3.28. The number of carboxylic acid groups (broad SMARTS) is 1. The van der Waals surface area contributed by atoms with Crippen LogP contribution in [0.4, 0.5) is 9.80 Å². The minimum absolute atomic E-state index is 0.0332. The maximum Gasteiger partial charge on any atom is 0.412 e. The lowest BCUT2D eigenvalue weighted by atomic mass is 9.98. The molecule has 30 heavy (non-hydrogen) atoms. The van der Waals surface area contributed by atoms with Crippen LogP contribution < -0.4 is 5.32 Å². The number of carbonyl (C=O) groups is 2. The van der Waals surface area contributed by atoms with Crippen LogP contribution in [-0.4, -0.2) is 29.5 Å². The number of thioether (sulfide) groups is 1. The van der Waals surface area contributed by atoms with E-state index in [1.54, 1.807) is 11.8 Å². The van der Waals surface area contributed by atoms with Gasteiger partial charge in [-0.1, -0.05) is 48.5 Å². The normalized spacial score (nSPS) is 14.5. The van der Waals surface area contributed by atoms with Crippen molar-refractivity contribution >= 4 is 40.2 Å². The van der Waals surface area contributed by atoms with Crippen molar-refractivity contribution in [2.24, 2.45) is 0 Å². The maximum atomic E-state index is 12.6. The Morgan fingerprint density at radius 1 is 1.07 bits per heavy atom. The van der Waals surface area contributed by atoms with Crippen molar-refractivity contribution in [2.75, 3.05) is 17.7 Å². The molecule has 1 aromatic heterocycles. The van der Waals surface area contributed by atoms with E-state index in [4.69, 9.17) is 4.74 Å². The number of carbonyl (C=O) groups excluding carboxylic acids is 1. The van der Waals surface area contributed by atoms with Crippen LogP contribution in [0, 0.1) is 0 Å². The molecule has 0 bridgehead atoms. The van der Waals surface area contributed by atoms with Crippen LogP contribution in [0.1, 0.15) is 39.4 Å². The van der Waals surface area contributed by atoms with Gasteiger partial charge in [0.2, 0.25) is 0 Å². The van der Waals surface area contributed by atoms with E-state index in [2.05, 4.69) is 29.6 Å². The lowest BCUT2D eigenvalue weighted by molar-refractivity contribution is 0.0697. The van der Waals surface area contributed by atoms with Gasteiger partial charge in [0.05, 0.1) is 9.77 Å². The smallest absolute Gasteiger partial charge is 0.412 e. The summed E-state index contributed by atoms with van der Waals surface area (Å²) >= 11 is 2.97. The van der Waals surface area contributed by atoms with Crippen LogP contribution in [-0.2, 0) is 11.2 Å². The largest absolute Gasteiger partial charge is 0.478 e. The van der Waals surface area contributed by atoms with E-state index in [9.17, 15) is 14.7 Å². The summed E-state index contributed by atoms with van der Waals surface area (Å²) in [5.41, 5.74) is 5.64. The molecular formula is C23H19NO4S2. The summed E-state index contributed by atoms with van der Waals surface area (Å²) in [5.74, 6) is -0.0742. The molecule has 3 aromatic rings. The van der Waals surface area contributed by atoms with Crippen molar-refractivity contribution in [3.8, 4) is 11.1 Å². The fourth-order valence-corrected chi connectivity index (χ4v) is 6.79. The summed E-state index contributed by atoms with van der Waals surface area (Å²) in [4.78, 5) is 24.3. The minimum atomic E-state index is -1.01. The van der Waals surface area contributed by atoms with Gasteiger partial charge in [-0.25, -0.2) is 9.59 Å². The molecule has 0 unspecified atom stereocenters. The summed E-state index contributed by atoms with van der Waals surface area (Å²) in [6.45, 7) is 0.197. The van der Waals surface area contributed by atoms with Crippen molar-refractivity contribution < 1.29 is 19.4 Å². The first-order chi connectivity index (χ1) is 14.6. The third-order valence-corrected chi connectivity index (χ3v) is 8.09. The number of hydrogen-bond acceptors (Lipinski definition) is 5. The van der Waals surface area contributed by atoms with Gasteiger partial charge in [-0.05, 0) is 46.4 Å². The molecule has 2 aliphatic rings. The van der Waals surface area contributed by atoms with Gasteiger partial charge in [0, 0.05) is 5.92 Å². The van der Waals surface area contributed by atoms with Crippen molar-refractivity contribution in [3.05, 3.63) is 70.8 Å². The van der Waals surface area contributed by atoms with Crippen LogP contribution in [0.15, 0.2) is 52.7 Å². The summed E-state index contributed by atoms with van der Waals surface area (Å²) < 4.78 is 6.55. The lowest BCUT2D eigenvalue weighted by Gasteiger charge is -2.14. The van der Waals surface area contributed by atoms with E-state index < -0.39 is 12.1 Å². The SMILES string of the molecule is O=C(Nc1sc2c(c1C(=O)O)CCCS2)OCC1c2ccccc2-c2ccccc21. The second-order valence-corrected chi connectivity index (χ2v) is 9.66. The first-order valence-corrected chi connectivity index (χ1v) is 11.6. The Bertz CT molecular complexity index is 1110. The monoisotopic (exact) mass is 437 g/mol. The zero-order valence-corrected chi connectivity index (χ0v) is 17.6. The highest BCUT2D eigenvalue weighted by molar-refractivity contribution is 8.01. The van der Waals surface area contributed by atoms with Gasteiger partial charge in [0.25, 0.3) is 0 Å². The maximum absolute atomic E-state index is 12.6. The number of anilines is 1. The minimum Gasteiger partial charge on any atom is -0.478 e. The molecule has 1 aliphatic heterocycles. The quantitative estimate of drug-likeness (QED) is 0.536. The molecule has 2 heterocycles. The van der Waals surface area contributed by atoms with Crippen LogP contribution in [0.5, 0.6) is 0 Å². The number of nitrogens with one attached hydrogen (secondary N) is 1. The van der Waals surface area contributed by atoms with Crippen LogP contribution in [0.3, 0.4) is 0 Å². The van der Waals surface area contributed by atoms with Gasteiger partial charge >= 0.3 is 12.1 Å².